The van der Waals surface area contributed by atoms with Crippen molar-refractivity contribution in [2.75, 3.05) is 0 Å². The van der Waals surface area contributed by atoms with Crippen LogP contribution in [0, 0.1) is 0 Å². The van der Waals surface area contributed by atoms with Gasteiger partial charge in [-0.05, 0) is 34.1 Å². The number of esters is 1. The van der Waals surface area contributed by atoms with Gasteiger partial charge in [0.25, 0.3) is 0 Å². The smallest absolute Gasteiger partial charge is 0.338 e. The molecule has 0 aromatic heterocycles. The summed E-state index contributed by atoms with van der Waals surface area (Å²) in [5, 5.41) is 11.6. The van der Waals surface area contributed by atoms with Gasteiger partial charge < -0.3 is 9.84 Å². The molecule has 2 atom stereocenters. The zero-order valence-corrected chi connectivity index (χ0v) is 23.1. The van der Waals surface area contributed by atoms with Crippen molar-refractivity contribution in [2.45, 2.75) is 81.8 Å². The molecule has 190 valence electrons. The monoisotopic (exact) mass is 502 g/mol. The molecule has 1 aliphatic rings. The Kier molecular flexibility index (Phi) is 7.56. The second-order valence-electron chi connectivity index (χ2n) is 11.9. The topological polar surface area (TPSA) is 46.5 Å². The average molecular weight is 503 g/mol. The maximum absolute atomic E-state index is 13.6. The van der Waals surface area contributed by atoms with E-state index in [1.165, 1.54) is 11.1 Å². The predicted octanol–water partition coefficient (Wildman–Crippen LogP) is 8.52. The lowest BCUT2D eigenvalue weighted by Crippen LogP contribution is -2.27. The van der Waals surface area contributed by atoms with Crippen LogP contribution in [0.4, 0.5) is 0 Å². The van der Waals surface area contributed by atoms with Gasteiger partial charge in [0.05, 0.1) is 5.56 Å². The lowest BCUT2D eigenvalue weighted by Gasteiger charge is -2.35. The van der Waals surface area contributed by atoms with Crippen LogP contribution in [0.15, 0.2) is 72.8 Å². The normalized spacial score (nSPS) is 20.7. The number of benzene rings is 3. The second kappa shape index (κ2) is 10.3. The van der Waals surface area contributed by atoms with Gasteiger partial charge in [0, 0.05) is 34.5 Å². The molecule has 1 saturated heterocycles. The third-order valence-corrected chi connectivity index (χ3v) is 8.45. The zero-order valence-electron chi connectivity index (χ0n) is 22.2. The van der Waals surface area contributed by atoms with Gasteiger partial charge in [0.15, 0.2) is 0 Å². The van der Waals surface area contributed by atoms with E-state index in [9.17, 15) is 9.90 Å². The number of carbonyl (C=O) groups excluding carboxylic acids is 1. The van der Waals surface area contributed by atoms with Crippen molar-refractivity contribution in [3.05, 3.63) is 101 Å². The summed E-state index contributed by atoms with van der Waals surface area (Å²) in [7, 11) is 0. The largest absolute Gasteiger partial charge is 0.507 e. The molecule has 1 fully saturated rings. The van der Waals surface area contributed by atoms with Crippen molar-refractivity contribution in [3.63, 3.8) is 0 Å². The van der Waals surface area contributed by atoms with Crippen LogP contribution in [0.3, 0.4) is 0 Å². The van der Waals surface area contributed by atoms with Gasteiger partial charge >= 0.3 is 5.97 Å². The Labute approximate surface area is 220 Å². The first-order chi connectivity index (χ1) is 16.9. The van der Waals surface area contributed by atoms with Crippen molar-refractivity contribution >= 4 is 17.7 Å². The standard InChI is InChI=1S/C32H38O3S/c1-31(2,3)25-17-23(18-26(29(25)33)32(4,5)6)30(34)35-24-19-27(21-13-9-7-10-14-21)36-28(20-24)22-15-11-8-12-16-22/h7-18,24,27-28,33H,19-20H2,1-6H3. The molecular weight excluding hydrogens is 464 g/mol. The molecule has 0 bridgehead atoms. The van der Waals surface area contributed by atoms with Crippen molar-refractivity contribution in [3.8, 4) is 5.75 Å². The first kappa shape index (κ1) is 26.3. The molecule has 0 amide bonds. The molecule has 1 heterocycles. The molecule has 4 rings (SSSR count). The molecule has 3 aromatic rings. The van der Waals surface area contributed by atoms with Gasteiger partial charge in [-0.2, -0.15) is 0 Å². The molecule has 0 aliphatic carbocycles. The molecule has 2 unspecified atom stereocenters. The molecular formula is C32H38O3S. The minimum atomic E-state index is -0.318. The number of rotatable bonds is 4. The Hall–Kier alpha value is -2.72. The number of ether oxygens (including phenoxy) is 1. The summed E-state index contributed by atoms with van der Waals surface area (Å²) in [6.07, 6.45) is 1.36. The zero-order chi connectivity index (χ0) is 26.1. The van der Waals surface area contributed by atoms with E-state index in [0.717, 1.165) is 24.0 Å². The van der Waals surface area contributed by atoms with Gasteiger partial charge in [-0.25, -0.2) is 4.79 Å². The lowest BCUT2D eigenvalue weighted by molar-refractivity contribution is 0.0248. The van der Waals surface area contributed by atoms with Gasteiger partial charge in [-0.1, -0.05) is 102 Å². The maximum atomic E-state index is 13.6. The molecule has 0 spiro atoms. The van der Waals surface area contributed by atoms with E-state index < -0.39 is 0 Å². The number of phenolic OH excluding ortho intramolecular Hbond substituents is 1. The summed E-state index contributed by atoms with van der Waals surface area (Å²) in [5.41, 5.74) is 3.96. The van der Waals surface area contributed by atoms with Crippen molar-refractivity contribution in [1.29, 1.82) is 0 Å². The highest BCUT2D eigenvalue weighted by Crippen LogP contribution is 2.51. The van der Waals surface area contributed by atoms with E-state index in [1.54, 1.807) is 0 Å². The first-order valence-corrected chi connectivity index (χ1v) is 13.7. The van der Waals surface area contributed by atoms with E-state index in [-0.39, 0.29) is 39.2 Å². The summed E-state index contributed by atoms with van der Waals surface area (Å²) in [6.45, 7) is 12.3. The summed E-state index contributed by atoms with van der Waals surface area (Å²) >= 11 is 1.95. The fourth-order valence-corrected chi connectivity index (χ4v) is 6.54. The van der Waals surface area contributed by atoms with Crippen molar-refractivity contribution in [2.24, 2.45) is 0 Å². The van der Waals surface area contributed by atoms with E-state index in [0.29, 0.717) is 5.56 Å². The van der Waals surface area contributed by atoms with Crippen LogP contribution < -0.4 is 0 Å². The van der Waals surface area contributed by atoms with Crippen LogP contribution >= 0.6 is 11.8 Å². The summed E-state index contributed by atoms with van der Waals surface area (Å²) < 4.78 is 6.22. The fourth-order valence-electron chi connectivity index (χ4n) is 4.86. The third kappa shape index (κ3) is 5.98. The number of aromatic hydroxyl groups is 1. The summed E-state index contributed by atoms with van der Waals surface area (Å²) in [4.78, 5) is 13.6. The number of hydrogen-bond acceptors (Lipinski definition) is 4. The van der Waals surface area contributed by atoms with Crippen LogP contribution in [-0.4, -0.2) is 17.2 Å². The Balaban J connectivity index is 1.65. The third-order valence-electron chi connectivity index (χ3n) is 6.86. The van der Waals surface area contributed by atoms with Crippen LogP contribution in [0.2, 0.25) is 0 Å². The van der Waals surface area contributed by atoms with Crippen LogP contribution in [0.25, 0.3) is 0 Å². The van der Waals surface area contributed by atoms with Crippen molar-refractivity contribution < 1.29 is 14.6 Å². The summed E-state index contributed by atoms with van der Waals surface area (Å²) in [6, 6.07) is 24.6. The first-order valence-electron chi connectivity index (χ1n) is 12.8. The molecule has 36 heavy (non-hydrogen) atoms. The summed E-state index contributed by atoms with van der Waals surface area (Å²) in [5.74, 6) is -0.0459. The van der Waals surface area contributed by atoms with Gasteiger partial charge in [-0.15, -0.1) is 11.8 Å². The predicted molar refractivity (Wildman–Crippen MR) is 150 cm³/mol. The quantitative estimate of drug-likeness (QED) is 0.363. The molecule has 0 radical (unpaired) electrons. The van der Waals surface area contributed by atoms with E-state index in [4.69, 9.17) is 4.74 Å². The molecule has 4 heteroatoms. The average Bonchev–Trinajstić information content (AvgIpc) is 2.83. The lowest BCUT2D eigenvalue weighted by atomic mass is 9.78. The maximum Gasteiger partial charge on any atom is 0.338 e. The minimum absolute atomic E-state index is 0.195. The highest BCUT2D eigenvalue weighted by atomic mass is 32.2. The number of thioether (sulfide) groups is 1. The van der Waals surface area contributed by atoms with Gasteiger partial charge in [0.2, 0.25) is 0 Å². The Morgan fingerprint density at radius 2 is 1.19 bits per heavy atom. The van der Waals surface area contributed by atoms with Crippen LogP contribution in [0.5, 0.6) is 5.75 Å². The Bertz CT molecular complexity index is 1110. The number of phenols is 1. The van der Waals surface area contributed by atoms with Gasteiger partial charge in [-0.3, -0.25) is 0 Å². The highest BCUT2D eigenvalue weighted by Gasteiger charge is 2.34. The molecule has 3 nitrogen and oxygen atoms in total. The highest BCUT2D eigenvalue weighted by molar-refractivity contribution is 7.99. The van der Waals surface area contributed by atoms with E-state index >= 15 is 0 Å². The van der Waals surface area contributed by atoms with Crippen molar-refractivity contribution in [1.82, 2.24) is 0 Å². The molecule has 0 saturated carbocycles. The van der Waals surface area contributed by atoms with E-state index in [2.05, 4.69) is 90.1 Å². The number of hydrogen-bond donors (Lipinski definition) is 1. The SMILES string of the molecule is CC(C)(C)c1cc(C(=O)OC2CC(c3ccccc3)SC(c3ccccc3)C2)cc(C(C)(C)C)c1O. The Morgan fingerprint density at radius 3 is 1.58 bits per heavy atom. The van der Waals surface area contributed by atoms with Crippen LogP contribution in [-0.2, 0) is 15.6 Å². The van der Waals surface area contributed by atoms with E-state index in [1.807, 2.05) is 36.0 Å². The second-order valence-corrected chi connectivity index (χ2v) is 13.3. The number of carbonyl (C=O) groups is 1. The fraction of sp³-hybridized carbons (Fsp3) is 0.406. The molecule has 1 aliphatic heterocycles. The molecule has 3 aromatic carbocycles. The Morgan fingerprint density at radius 1 is 0.778 bits per heavy atom. The van der Waals surface area contributed by atoms with Gasteiger partial charge in [0.1, 0.15) is 11.9 Å². The minimum Gasteiger partial charge on any atom is -0.507 e. The van der Waals surface area contributed by atoms with Crippen LogP contribution in [0.1, 0.15) is 97.5 Å². The molecule has 1 N–H and O–H groups in total.